The van der Waals surface area contributed by atoms with E-state index in [4.69, 9.17) is 0 Å². The van der Waals surface area contributed by atoms with Crippen LogP contribution in [0.5, 0.6) is 0 Å². The number of carbonyl (C=O) groups excluding carboxylic acids is 1. The molecule has 0 radical (unpaired) electrons. The Morgan fingerprint density at radius 1 is 1.43 bits per heavy atom. The minimum Gasteiger partial charge on any atom is -0.363 e. The Hall–Kier alpha value is -1.21. The zero-order chi connectivity index (χ0) is 15.4. The summed E-state index contributed by atoms with van der Waals surface area (Å²) in [4.78, 5) is 16.9. The number of hydrogen-bond acceptors (Lipinski definition) is 6. The summed E-state index contributed by atoms with van der Waals surface area (Å²) in [7, 11) is 3.93. The highest BCUT2D eigenvalue weighted by Gasteiger charge is 2.29. The molecule has 0 spiro atoms. The largest absolute Gasteiger partial charge is 0.363 e. The Morgan fingerprint density at radius 2 is 2.19 bits per heavy atom. The van der Waals surface area contributed by atoms with Gasteiger partial charge in [-0.05, 0) is 19.4 Å². The molecule has 0 bridgehead atoms. The van der Waals surface area contributed by atoms with E-state index in [0.29, 0.717) is 18.4 Å². The maximum Gasteiger partial charge on any atom is 0.229 e. The van der Waals surface area contributed by atoms with Crippen LogP contribution < -0.4 is 5.32 Å². The summed E-state index contributed by atoms with van der Waals surface area (Å²) < 4.78 is 0. The highest BCUT2D eigenvalue weighted by molar-refractivity contribution is 7.15. The number of nitrogens with one attached hydrogen (secondary N) is 1. The third-order valence-corrected chi connectivity index (χ3v) is 4.67. The van der Waals surface area contributed by atoms with Crippen molar-refractivity contribution in [3.05, 3.63) is 5.01 Å². The van der Waals surface area contributed by atoms with Crippen LogP contribution in [-0.2, 0) is 11.2 Å². The molecule has 1 aliphatic heterocycles. The lowest BCUT2D eigenvalue weighted by atomic mass is 10.00. The highest BCUT2D eigenvalue weighted by Crippen LogP contribution is 2.20. The van der Waals surface area contributed by atoms with Gasteiger partial charge in [-0.3, -0.25) is 4.79 Å². The van der Waals surface area contributed by atoms with Gasteiger partial charge in [0.05, 0.1) is 6.42 Å². The molecule has 1 atom stereocenters. The summed E-state index contributed by atoms with van der Waals surface area (Å²) in [5.41, 5.74) is 0. The molecule has 7 heteroatoms. The zero-order valence-electron chi connectivity index (χ0n) is 13.3. The van der Waals surface area contributed by atoms with Gasteiger partial charge in [0, 0.05) is 32.7 Å². The Labute approximate surface area is 130 Å². The van der Waals surface area contributed by atoms with Crippen LogP contribution in [0.1, 0.15) is 25.3 Å². The van der Waals surface area contributed by atoms with Crippen LogP contribution in [0.2, 0.25) is 0 Å². The van der Waals surface area contributed by atoms with E-state index in [1.54, 1.807) is 0 Å². The number of anilines is 1. The quantitative estimate of drug-likeness (QED) is 0.888. The van der Waals surface area contributed by atoms with Gasteiger partial charge < -0.3 is 15.1 Å². The molecule has 0 unspecified atom stereocenters. The van der Waals surface area contributed by atoms with Crippen molar-refractivity contribution in [3.8, 4) is 0 Å². The first kappa shape index (κ1) is 16.2. The van der Waals surface area contributed by atoms with Crippen LogP contribution in [0, 0.1) is 5.92 Å². The summed E-state index contributed by atoms with van der Waals surface area (Å²) in [5.74, 6) is 0.766. The van der Waals surface area contributed by atoms with Gasteiger partial charge >= 0.3 is 0 Å². The van der Waals surface area contributed by atoms with Gasteiger partial charge in [-0.15, -0.1) is 10.2 Å². The normalized spacial score (nSPS) is 20.0. The van der Waals surface area contributed by atoms with Crippen molar-refractivity contribution in [3.63, 3.8) is 0 Å². The molecule has 0 aromatic carbocycles. The number of aromatic nitrogens is 2. The Balaban J connectivity index is 2.01. The molecule has 1 saturated heterocycles. The van der Waals surface area contributed by atoms with Gasteiger partial charge in [-0.1, -0.05) is 25.2 Å². The van der Waals surface area contributed by atoms with E-state index in [9.17, 15) is 4.79 Å². The van der Waals surface area contributed by atoms with Crippen molar-refractivity contribution in [2.45, 2.75) is 32.7 Å². The topological polar surface area (TPSA) is 61.4 Å². The van der Waals surface area contributed by atoms with Crippen molar-refractivity contribution in [1.29, 1.82) is 0 Å². The predicted octanol–water partition coefficient (Wildman–Crippen LogP) is 1.31. The summed E-state index contributed by atoms with van der Waals surface area (Å²) >= 11 is 1.45. The number of hydrogen-bond donors (Lipinski definition) is 1. The molecule has 1 aromatic rings. The molecule has 0 aliphatic carbocycles. The number of amides is 1. The van der Waals surface area contributed by atoms with Gasteiger partial charge in [0.25, 0.3) is 0 Å². The molecular weight excluding hydrogens is 286 g/mol. The molecule has 21 heavy (non-hydrogen) atoms. The van der Waals surface area contributed by atoms with Crippen molar-refractivity contribution in [2.24, 2.45) is 5.92 Å². The maximum absolute atomic E-state index is 12.6. The van der Waals surface area contributed by atoms with E-state index < -0.39 is 0 Å². The van der Waals surface area contributed by atoms with E-state index in [-0.39, 0.29) is 5.91 Å². The fraction of sp³-hybridized carbons (Fsp3) is 0.786. The molecular formula is C14H25N5OS. The van der Waals surface area contributed by atoms with Crippen molar-refractivity contribution in [1.82, 2.24) is 20.0 Å². The van der Waals surface area contributed by atoms with E-state index in [1.165, 1.54) is 11.3 Å². The van der Waals surface area contributed by atoms with Gasteiger partial charge in [0.1, 0.15) is 5.01 Å². The zero-order valence-corrected chi connectivity index (χ0v) is 14.1. The minimum atomic E-state index is 0.174. The smallest absolute Gasteiger partial charge is 0.229 e. The molecule has 6 nitrogen and oxygen atoms in total. The highest BCUT2D eigenvalue weighted by atomic mass is 32.1. The lowest BCUT2D eigenvalue weighted by molar-refractivity contribution is -0.135. The van der Waals surface area contributed by atoms with Gasteiger partial charge in [0.15, 0.2) is 0 Å². The van der Waals surface area contributed by atoms with E-state index in [1.807, 2.05) is 11.9 Å². The standard InChI is InChI=1S/C14H25N5OS/c1-10(2)7-11-9-18(4)5-6-19(11)13(20)8-12-16-17-14(15-3)21-12/h10-11H,5-9H2,1-4H3,(H,15,17)/t11-/m0/s1. The number of likely N-dealkylation sites (N-methyl/N-ethyl adjacent to an activating group) is 1. The fourth-order valence-electron chi connectivity index (χ4n) is 2.74. The first-order valence-corrected chi connectivity index (χ1v) is 8.29. The molecule has 118 valence electrons. The molecule has 1 fully saturated rings. The third-order valence-electron chi connectivity index (χ3n) is 3.73. The van der Waals surface area contributed by atoms with Gasteiger partial charge in [-0.25, -0.2) is 0 Å². The molecule has 1 aliphatic rings. The van der Waals surface area contributed by atoms with Crippen molar-refractivity contribution in [2.75, 3.05) is 39.0 Å². The Kier molecular flexibility index (Phi) is 5.52. The lowest BCUT2D eigenvalue weighted by Crippen LogP contribution is -2.54. The van der Waals surface area contributed by atoms with Crippen molar-refractivity contribution >= 4 is 22.4 Å². The second kappa shape index (κ2) is 7.17. The average molecular weight is 311 g/mol. The third kappa shape index (κ3) is 4.38. The van der Waals surface area contributed by atoms with Crippen molar-refractivity contribution < 1.29 is 4.79 Å². The fourth-order valence-corrected chi connectivity index (χ4v) is 3.43. The SMILES string of the molecule is CNc1nnc(CC(=O)N2CCN(C)C[C@@H]2CC(C)C)s1. The summed E-state index contributed by atoms with van der Waals surface area (Å²) in [6.07, 6.45) is 1.41. The van der Waals surface area contributed by atoms with Crippen LogP contribution in [-0.4, -0.2) is 65.7 Å². The van der Waals surface area contributed by atoms with E-state index in [0.717, 1.165) is 36.2 Å². The minimum absolute atomic E-state index is 0.174. The maximum atomic E-state index is 12.6. The van der Waals surface area contributed by atoms with E-state index >= 15 is 0 Å². The first-order chi connectivity index (χ1) is 9.99. The van der Waals surface area contributed by atoms with Crippen LogP contribution >= 0.6 is 11.3 Å². The Bertz CT molecular complexity index is 474. The van der Waals surface area contributed by atoms with E-state index in [2.05, 4.69) is 41.3 Å². The number of rotatable bonds is 5. The number of carbonyl (C=O) groups is 1. The first-order valence-electron chi connectivity index (χ1n) is 7.47. The summed E-state index contributed by atoms with van der Waals surface area (Å²) in [5, 5.41) is 12.6. The number of nitrogens with zero attached hydrogens (tertiary/aromatic N) is 4. The molecule has 2 heterocycles. The molecule has 1 aromatic heterocycles. The van der Waals surface area contributed by atoms with Crippen LogP contribution in [0.25, 0.3) is 0 Å². The number of piperazine rings is 1. The van der Waals surface area contributed by atoms with Crippen LogP contribution in [0.3, 0.4) is 0 Å². The predicted molar refractivity (Wildman–Crippen MR) is 85.6 cm³/mol. The average Bonchev–Trinajstić information content (AvgIpc) is 2.85. The molecule has 2 rings (SSSR count). The van der Waals surface area contributed by atoms with Gasteiger partial charge in [0.2, 0.25) is 11.0 Å². The second-order valence-corrected chi connectivity index (χ2v) is 7.12. The molecule has 1 N–H and O–H groups in total. The monoisotopic (exact) mass is 311 g/mol. The Morgan fingerprint density at radius 3 is 2.81 bits per heavy atom. The van der Waals surface area contributed by atoms with Gasteiger partial charge in [-0.2, -0.15) is 0 Å². The molecule has 0 saturated carbocycles. The van der Waals surface area contributed by atoms with Crippen LogP contribution in [0.15, 0.2) is 0 Å². The lowest BCUT2D eigenvalue weighted by Gasteiger charge is -2.40. The summed E-state index contributed by atoms with van der Waals surface area (Å²) in [6, 6.07) is 0.313. The van der Waals surface area contributed by atoms with Crippen LogP contribution in [0.4, 0.5) is 5.13 Å². The second-order valence-electron chi connectivity index (χ2n) is 6.06. The summed E-state index contributed by atoms with van der Waals surface area (Å²) in [6.45, 7) is 7.13. The molecule has 1 amide bonds.